The lowest BCUT2D eigenvalue weighted by Crippen LogP contribution is -2.30. The van der Waals surface area contributed by atoms with Crippen molar-refractivity contribution in [2.75, 3.05) is 38.9 Å². The number of hydrogen-bond acceptors (Lipinski definition) is 9. The normalized spacial score (nSPS) is 13.7. The molecule has 2 atom stereocenters. The number of halogens is 3. The second-order valence-corrected chi connectivity index (χ2v) is 8.16. The van der Waals surface area contributed by atoms with Gasteiger partial charge in [-0.25, -0.2) is 19.9 Å². The van der Waals surface area contributed by atoms with Gasteiger partial charge in [-0.3, -0.25) is 0 Å². The largest absolute Gasteiger partial charge is 0.493 e. The van der Waals surface area contributed by atoms with Crippen LogP contribution in [0.15, 0.2) is 18.2 Å². The van der Waals surface area contributed by atoms with E-state index in [4.69, 9.17) is 15.2 Å². The average Bonchev–Trinajstić information content (AvgIpc) is 2.75. The number of aryl methyl sites for hydroxylation is 1. The molecule has 0 bridgehead atoms. The molecule has 0 fully saturated rings. The number of likely N-dealkylation sites (N-methyl/N-ethyl adjacent to an activating group) is 1. The van der Waals surface area contributed by atoms with Crippen LogP contribution < -0.4 is 20.5 Å². The quantitative estimate of drug-likeness (QED) is 0.498. The molecule has 1 unspecified atom stereocenters. The summed E-state index contributed by atoms with van der Waals surface area (Å²) in [6, 6.07) is 3.59. The summed E-state index contributed by atoms with van der Waals surface area (Å²) in [4.78, 5) is 18.5. The fraction of sp³-hybridized carbons (Fsp3) is 0.455. The zero-order chi connectivity index (χ0) is 25.2. The summed E-state index contributed by atoms with van der Waals surface area (Å²) in [5, 5.41) is 3.69. The summed E-state index contributed by atoms with van der Waals surface area (Å²) in [5.41, 5.74) is 5.07. The first-order chi connectivity index (χ1) is 15.9. The van der Waals surface area contributed by atoms with Crippen molar-refractivity contribution in [1.29, 1.82) is 0 Å². The molecule has 0 spiro atoms. The van der Waals surface area contributed by atoms with Crippen LogP contribution in [0.4, 0.5) is 24.8 Å². The minimum atomic E-state index is -4.64. The molecule has 0 saturated heterocycles. The first kappa shape index (κ1) is 25.2. The van der Waals surface area contributed by atoms with Gasteiger partial charge in [-0.1, -0.05) is 0 Å². The van der Waals surface area contributed by atoms with Gasteiger partial charge in [0.2, 0.25) is 0 Å². The van der Waals surface area contributed by atoms with E-state index in [1.165, 1.54) is 7.11 Å². The van der Waals surface area contributed by atoms with E-state index in [2.05, 4.69) is 25.3 Å². The van der Waals surface area contributed by atoms with Crippen molar-refractivity contribution in [3.63, 3.8) is 0 Å². The number of anilines is 2. The fourth-order valence-electron chi connectivity index (χ4n) is 3.09. The first-order valence-corrected chi connectivity index (χ1v) is 10.5. The average molecular weight is 480 g/mol. The molecular formula is C22H28F3N7O2. The lowest BCUT2D eigenvalue weighted by molar-refractivity contribution is -0.141. The number of methoxy groups -OCH3 is 1. The number of nitrogens with two attached hydrogens (primary N) is 1. The first-order valence-electron chi connectivity index (χ1n) is 10.5. The van der Waals surface area contributed by atoms with E-state index in [-0.39, 0.29) is 17.7 Å². The van der Waals surface area contributed by atoms with Crippen molar-refractivity contribution < 1.29 is 22.6 Å². The number of benzene rings is 1. The molecule has 0 amide bonds. The van der Waals surface area contributed by atoms with Gasteiger partial charge in [-0.15, -0.1) is 0 Å². The van der Waals surface area contributed by atoms with Crippen LogP contribution in [0.25, 0.3) is 10.9 Å². The molecule has 0 aliphatic heterocycles. The summed E-state index contributed by atoms with van der Waals surface area (Å²) in [5.74, 6) is 1.47. The van der Waals surface area contributed by atoms with E-state index in [9.17, 15) is 13.2 Å². The highest BCUT2D eigenvalue weighted by Gasteiger charge is 2.34. The topological polar surface area (TPSA) is 111 Å². The Bertz CT molecular complexity index is 1170. The predicted octanol–water partition coefficient (Wildman–Crippen LogP) is 3.84. The van der Waals surface area contributed by atoms with Gasteiger partial charge >= 0.3 is 6.18 Å². The Morgan fingerprint density at radius 3 is 2.38 bits per heavy atom. The van der Waals surface area contributed by atoms with Crippen molar-refractivity contribution in [2.24, 2.45) is 0 Å². The van der Waals surface area contributed by atoms with Crippen molar-refractivity contribution in [3.8, 4) is 11.5 Å². The van der Waals surface area contributed by atoms with Gasteiger partial charge in [0.25, 0.3) is 0 Å². The molecule has 9 nitrogen and oxygen atoms in total. The summed E-state index contributed by atoms with van der Waals surface area (Å²) >= 11 is 0. The molecule has 34 heavy (non-hydrogen) atoms. The highest BCUT2D eigenvalue weighted by molar-refractivity contribution is 5.92. The number of nitrogen functional groups attached to an aromatic ring is 1. The van der Waals surface area contributed by atoms with Crippen LogP contribution in [0.2, 0.25) is 0 Å². The van der Waals surface area contributed by atoms with Gasteiger partial charge in [0, 0.05) is 23.6 Å². The standard InChI is InChI=1S/C22H28F3N7O2/c1-11(32(4)5)10-34-17-7-14-15(8-16(17)33-6)28-13(3)29-21(14)27-12(2)20-30-18(22(23,24)25)9-19(26)31-20/h7-9,11-12H,10H2,1-6H3,(H2,26,30,31)(H,27,28,29)/t11?,12-/m1/s1. The van der Waals surface area contributed by atoms with Crippen LogP contribution in [0.1, 0.15) is 37.2 Å². The third-order valence-corrected chi connectivity index (χ3v) is 5.25. The lowest BCUT2D eigenvalue weighted by atomic mass is 10.2. The van der Waals surface area contributed by atoms with Crippen molar-refractivity contribution in [1.82, 2.24) is 24.8 Å². The Morgan fingerprint density at radius 2 is 1.76 bits per heavy atom. The molecule has 12 heteroatoms. The van der Waals surface area contributed by atoms with Crippen LogP contribution in [-0.2, 0) is 6.18 Å². The monoisotopic (exact) mass is 479 g/mol. The zero-order valence-electron chi connectivity index (χ0n) is 19.9. The molecular weight excluding hydrogens is 451 g/mol. The zero-order valence-corrected chi connectivity index (χ0v) is 19.9. The number of fused-ring (bicyclic) bond motifs is 1. The van der Waals surface area contributed by atoms with Gasteiger partial charge in [0.1, 0.15) is 29.8 Å². The third-order valence-electron chi connectivity index (χ3n) is 5.25. The highest BCUT2D eigenvalue weighted by Crippen LogP contribution is 2.36. The minimum Gasteiger partial charge on any atom is -0.493 e. The van der Waals surface area contributed by atoms with Gasteiger partial charge in [-0.05, 0) is 40.9 Å². The smallest absolute Gasteiger partial charge is 0.433 e. The van der Waals surface area contributed by atoms with Crippen LogP contribution in [0.5, 0.6) is 11.5 Å². The van der Waals surface area contributed by atoms with Gasteiger partial charge < -0.3 is 25.4 Å². The van der Waals surface area contributed by atoms with Crippen molar-refractivity contribution >= 4 is 22.5 Å². The fourth-order valence-corrected chi connectivity index (χ4v) is 3.09. The maximum atomic E-state index is 13.2. The molecule has 184 valence electrons. The number of rotatable bonds is 8. The Morgan fingerprint density at radius 1 is 1.06 bits per heavy atom. The van der Waals surface area contributed by atoms with E-state index >= 15 is 0 Å². The Hall–Kier alpha value is -3.41. The van der Waals surface area contributed by atoms with Crippen molar-refractivity contribution in [2.45, 2.75) is 39.0 Å². The summed E-state index contributed by atoms with van der Waals surface area (Å²) in [6.07, 6.45) is -4.64. The number of ether oxygens (including phenoxy) is 2. The summed E-state index contributed by atoms with van der Waals surface area (Å²) in [6.45, 7) is 5.77. The molecule has 0 aliphatic rings. The van der Waals surface area contributed by atoms with Crippen LogP contribution in [0, 0.1) is 6.92 Å². The van der Waals surface area contributed by atoms with Crippen LogP contribution in [-0.4, -0.2) is 58.7 Å². The number of aromatic nitrogens is 4. The Labute approximate surface area is 195 Å². The minimum absolute atomic E-state index is 0.110. The van der Waals surface area contributed by atoms with E-state index in [0.717, 1.165) is 0 Å². The van der Waals surface area contributed by atoms with Crippen LogP contribution in [0.3, 0.4) is 0 Å². The SMILES string of the molecule is COc1cc2nc(C)nc(N[C@H](C)c3nc(N)cc(C(F)(F)F)n3)c2cc1OCC(C)N(C)C. The van der Waals surface area contributed by atoms with E-state index in [1.807, 2.05) is 25.9 Å². The van der Waals surface area contributed by atoms with Gasteiger partial charge in [-0.2, -0.15) is 13.2 Å². The van der Waals surface area contributed by atoms with E-state index in [0.29, 0.717) is 46.7 Å². The molecule has 0 saturated carbocycles. The van der Waals surface area contributed by atoms with Crippen molar-refractivity contribution in [3.05, 3.63) is 35.5 Å². The van der Waals surface area contributed by atoms with Crippen LogP contribution >= 0.6 is 0 Å². The van der Waals surface area contributed by atoms with Gasteiger partial charge in [0.15, 0.2) is 17.3 Å². The predicted molar refractivity (Wildman–Crippen MR) is 123 cm³/mol. The third kappa shape index (κ3) is 5.74. The second-order valence-electron chi connectivity index (χ2n) is 8.16. The molecule has 0 aliphatic carbocycles. The molecule has 2 aromatic heterocycles. The van der Waals surface area contributed by atoms with E-state index < -0.39 is 17.9 Å². The molecule has 3 N–H and O–H groups in total. The van der Waals surface area contributed by atoms with Gasteiger partial charge in [0.05, 0.1) is 18.7 Å². The number of hydrogen-bond donors (Lipinski definition) is 2. The molecule has 3 aromatic rings. The highest BCUT2D eigenvalue weighted by atomic mass is 19.4. The Kier molecular flexibility index (Phi) is 7.29. The second kappa shape index (κ2) is 9.84. The molecule has 2 heterocycles. The number of nitrogens with one attached hydrogen (secondary N) is 1. The van der Waals surface area contributed by atoms with E-state index in [1.54, 1.807) is 26.0 Å². The number of nitrogens with zero attached hydrogens (tertiary/aromatic N) is 5. The molecule has 3 rings (SSSR count). The molecule has 1 aromatic carbocycles. The Balaban J connectivity index is 2.00. The summed E-state index contributed by atoms with van der Waals surface area (Å²) < 4.78 is 51.0. The molecule has 0 radical (unpaired) electrons. The maximum Gasteiger partial charge on any atom is 0.433 e. The lowest BCUT2D eigenvalue weighted by Gasteiger charge is -2.21. The maximum absolute atomic E-state index is 13.2. The summed E-state index contributed by atoms with van der Waals surface area (Å²) in [7, 11) is 5.44. The number of alkyl halides is 3.